The first-order chi connectivity index (χ1) is 12.1. The number of aliphatic hydroxyl groups excluding tert-OH is 1. The van der Waals surface area contributed by atoms with Crippen molar-refractivity contribution in [3.63, 3.8) is 0 Å². The third-order valence-corrected chi connectivity index (χ3v) is 4.33. The van der Waals surface area contributed by atoms with Crippen molar-refractivity contribution in [2.75, 3.05) is 13.2 Å². The van der Waals surface area contributed by atoms with Crippen molar-refractivity contribution >= 4 is 0 Å². The second-order valence-corrected chi connectivity index (χ2v) is 6.55. The van der Waals surface area contributed by atoms with Crippen LogP contribution in [-0.4, -0.2) is 35.3 Å². The Bertz CT molecular complexity index is 674. The van der Waals surface area contributed by atoms with E-state index in [9.17, 15) is 13.9 Å². The van der Waals surface area contributed by atoms with Crippen LogP contribution in [0, 0.1) is 11.6 Å². The van der Waals surface area contributed by atoms with Crippen molar-refractivity contribution in [1.82, 2.24) is 4.90 Å². The molecular formula is C20H23F2NO2. The summed E-state index contributed by atoms with van der Waals surface area (Å²) in [5, 5.41) is 10.2. The molecule has 134 valence electrons. The van der Waals surface area contributed by atoms with Crippen LogP contribution in [0.5, 0.6) is 0 Å². The molecule has 1 N–H and O–H groups in total. The van der Waals surface area contributed by atoms with Crippen LogP contribution in [0.1, 0.15) is 24.0 Å². The van der Waals surface area contributed by atoms with E-state index < -0.39 is 6.10 Å². The first kappa shape index (κ1) is 18.0. The van der Waals surface area contributed by atoms with Gasteiger partial charge >= 0.3 is 0 Å². The molecule has 0 aromatic heterocycles. The Labute approximate surface area is 146 Å². The van der Waals surface area contributed by atoms with E-state index in [0.717, 1.165) is 18.4 Å². The molecule has 0 spiro atoms. The fraction of sp³-hybridized carbons (Fsp3) is 0.400. The Morgan fingerprint density at radius 2 is 1.80 bits per heavy atom. The van der Waals surface area contributed by atoms with Gasteiger partial charge in [-0.1, -0.05) is 30.3 Å². The standard InChI is InChI=1S/C20H23F2NO2/c21-17-7-5-15(6-8-17)11-23(18-9-10-18)12-19(24)14-25-13-16-3-1-2-4-20(16)22/h1-8,18-19,24H,9-14H2. The molecule has 2 aromatic carbocycles. The van der Waals surface area contributed by atoms with E-state index in [4.69, 9.17) is 4.74 Å². The van der Waals surface area contributed by atoms with Gasteiger partial charge in [-0.3, -0.25) is 4.90 Å². The van der Waals surface area contributed by atoms with Gasteiger partial charge in [0, 0.05) is 24.7 Å². The van der Waals surface area contributed by atoms with Crippen molar-refractivity contribution < 1.29 is 18.6 Å². The number of ether oxygens (including phenoxy) is 1. The van der Waals surface area contributed by atoms with E-state index in [1.54, 1.807) is 30.3 Å². The van der Waals surface area contributed by atoms with Gasteiger partial charge in [0.25, 0.3) is 0 Å². The van der Waals surface area contributed by atoms with Gasteiger partial charge in [-0.15, -0.1) is 0 Å². The number of hydrogen-bond donors (Lipinski definition) is 1. The molecule has 0 radical (unpaired) electrons. The number of benzene rings is 2. The number of halogens is 2. The molecule has 1 atom stereocenters. The van der Waals surface area contributed by atoms with Gasteiger partial charge in [-0.2, -0.15) is 0 Å². The lowest BCUT2D eigenvalue weighted by Gasteiger charge is -2.25. The van der Waals surface area contributed by atoms with Gasteiger partial charge in [0.15, 0.2) is 0 Å². The lowest BCUT2D eigenvalue weighted by molar-refractivity contribution is 0.00632. The Morgan fingerprint density at radius 1 is 1.08 bits per heavy atom. The van der Waals surface area contributed by atoms with Gasteiger partial charge < -0.3 is 9.84 Å². The zero-order valence-corrected chi connectivity index (χ0v) is 14.1. The predicted molar refractivity (Wildman–Crippen MR) is 91.9 cm³/mol. The van der Waals surface area contributed by atoms with E-state index in [1.807, 2.05) is 0 Å². The molecule has 3 nitrogen and oxygen atoms in total. The van der Waals surface area contributed by atoms with Crippen molar-refractivity contribution in [2.45, 2.75) is 38.1 Å². The molecule has 0 saturated heterocycles. The van der Waals surface area contributed by atoms with E-state index in [1.165, 1.54) is 18.2 Å². The third kappa shape index (κ3) is 5.59. The van der Waals surface area contributed by atoms with Gasteiger partial charge in [-0.25, -0.2) is 8.78 Å². The fourth-order valence-electron chi connectivity index (χ4n) is 2.85. The average Bonchev–Trinajstić information content (AvgIpc) is 3.43. The van der Waals surface area contributed by atoms with Crippen LogP contribution in [0.2, 0.25) is 0 Å². The van der Waals surface area contributed by atoms with Gasteiger partial charge in [0.05, 0.1) is 19.3 Å². The molecule has 1 saturated carbocycles. The molecule has 0 bridgehead atoms. The maximum absolute atomic E-state index is 13.5. The minimum absolute atomic E-state index is 0.144. The molecule has 1 aliphatic rings. The van der Waals surface area contributed by atoms with Crippen LogP contribution >= 0.6 is 0 Å². The minimum Gasteiger partial charge on any atom is -0.389 e. The molecule has 25 heavy (non-hydrogen) atoms. The molecule has 5 heteroatoms. The second kappa shape index (κ2) is 8.52. The summed E-state index contributed by atoms with van der Waals surface area (Å²) >= 11 is 0. The Hall–Kier alpha value is -1.82. The van der Waals surface area contributed by atoms with Crippen molar-refractivity contribution in [3.05, 3.63) is 71.3 Å². The van der Waals surface area contributed by atoms with E-state index >= 15 is 0 Å². The highest BCUT2D eigenvalue weighted by Gasteiger charge is 2.30. The first-order valence-corrected chi connectivity index (χ1v) is 8.59. The Morgan fingerprint density at radius 3 is 2.48 bits per heavy atom. The van der Waals surface area contributed by atoms with Gasteiger partial charge in [0.2, 0.25) is 0 Å². The molecule has 3 rings (SSSR count). The van der Waals surface area contributed by atoms with Crippen LogP contribution in [0.4, 0.5) is 8.78 Å². The molecular weight excluding hydrogens is 324 g/mol. The lowest BCUT2D eigenvalue weighted by Crippen LogP contribution is -2.36. The molecule has 0 heterocycles. The normalized spacial score (nSPS) is 15.5. The second-order valence-electron chi connectivity index (χ2n) is 6.55. The molecule has 1 unspecified atom stereocenters. The Balaban J connectivity index is 1.47. The van der Waals surface area contributed by atoms with E-state index in [0.29, 0.717) is 24.7 Å². The Kier molecular flexibility index (Phi) is 6.13. The molecule has 0 amide bonds. The lowest BCUT2D eigenvalue weighted by atomic mass is 10.2. The van der Waals surface area contributed by atoms with Crippen LogP contribution < -0.4 is 0 Å². The summed E-state index contributed by atoms with van der Waals surface area (Å²) in [5.41, 5.74) is 1.51. The predicted octanol–water partition coefficient (Wildman–Crippen LogP) is 3.51. The van der Waals surface area contributed by atoms with E-state index in [-0.39, 0.29) is 24.8 Å². The quantitative estimate of drug-likeness (QED) is 0.753. The maximum Gasteiger partial charge on any atom is 0.128 e. The summed E-state index contributed by atoms with van der Waals surface area (Å²) in [7, 11) is 0. The number of nitrogens with zero attached hydrogens (tertiary/aromatic N) is 1. The first-order valence-electron chi connectivity index (χ1n) is 8.59. The summed E-state index contributed by atoms with van der Waals surface area (Å²) in [4.78, 5) is 2.20. The van der Waals surface area contributed by atoms with Crippen LogP contribution in [0.25, 0.3) is 0 Å². The van der Waals surface area contributed by atoms with Crippen molar-refractivity contribution in [3.8, 4) is 0 Å². The summed E-state index contributed by atoms with van der Waals surface area (Å²) in [6, 6.07) is 13.4. The van der Waals surface area contributed by atoms with E-state index in [2.05, 4.69) is 4.90 Å². The van der Waals surface area contributed by atoms with Crippen LogP contribution in [0.15, 0.2) is 48.5 Å². The summed E-state index contributed by atoms with van der Waals surface area (Å²) < 4.78 is 32.0. The zero-order valence-electron chi connectivity index (χ0n) is 14.1. The minimum atomic E-state index is -0.646. The number of aliphatic hydroxyl groups is 1. The van der Waals surface area contributed by atoms with Crippen molar-refractivity contribution in [2.24, 2.45) is 0 Å². The molecule has 2 aromatic rings. The molecule has 0 aliphatic heterocycles. The summed E-state index contributed by atoms with van der Waals surface area (Å²) in [5.74, 6) is -0.545. The maximum atomic E-state index is 13.5. The van der Waals surface area contributed by atoms with Gasteiger partial charge in [-0.05, 0) is 36.6 Å². The van der Waals surface area contributed by atoms with Gasteiger partial charge in [0.1, 0.15) is 11.6 Å². The summed E-state index contributed by atoms with van der Waals surface area (Å²) in [6.45, 7) is 1.46. The highest BCUT2D eigenvalue weighted by atomic mass is 19.1. The number of hydrogen-bond acceptors (Lipinski definition) is 3. The topological polar surface area (TPSA) is 32.7 Å². The highest BCUT2D eigenvalue weighted by molar-refractivity contribution is 5.17. The molecule has 1 fully saturated rings. The number of rotatable bonds is 9. The zero-order chi connectivity index (χ0) is 17.6. The fourth-order valence-corrected chi connectivity index (χ4v) is 2.85. The molecule has 1 aliphatic carbocycles. The monoisotopic (exact) mass is 347 g/mol. The largest absolute Gasteiger partial charge is 0.389 e. The van der Waals surface area contributed by atoms with Crippen LogP contribution in [0.3, 0.4) is 0 Å². The summed E-state index contributed by atoms with van der Waals surface area (Å²) in [6.07, 6.45) is 1.58. The highest BCUT2D eigenvalue weighted by Crippen LogP contribution is 2.28. The van der Waals surface area contributed by atoms with Crippen molar-refractivity contribution in [1.29, 1.82) is 0 Å². The smallest absolute Gasteiger partial charge is 0.128 e. The third-order valence-electron chi connectivity index (χ3n) is 4.33. The average molecular weight is 347 g/mol. The van der Waals surface area contributed by atoms with Crippen LogP contribution in [-0.2, 0) is 17.9 Å². The SMILES string of the molecule is OC(COCc1ccccc1F)CN(Cc1ccc(F)cc1)C1CC1.